The summed E-state index contributed by atoms with van der Waals surface area (Å²) in [5, 5.41) is 0. The van der Waals surface area contributed by atoms with Crippen molar-refractivity contribution in [1.82, 2.24) is 31.5 Å². The van der Waals surface area contributed by atoms with Crippen molar-refractivity contribution in [1.29, 1.82) is 0 Å². The summed E-state index contributed by atoms with van der Waals surface area (Å²) in [6.45, 7) is 3.39. The lowest BCUT2D eigenvalue weighted by molar-refractivity contribution is -0.126. The first-order chi connectivity index (χ1) is 21.0. The number of aryl methyl sites for hydroxylation is 2. The Kier molecular flexibility index (Phi) is 10.9. The second-order valence-corrected chi connectivity index (χ2v) is 12.7. The topological polar surface area (TPSA) is 157 Å². The van der Waals surface area contributed by atoms with Crippen LogP contribution in [0.2, 0.25) is 0 Å². The molecule has 228 valence electrons. The molecule has 0 aromatic heterocycles. The van der Waals surface area contributed by atoms with Crippen molar-refractivity contribution < 1.29 is 28.8 Å². The van der Waals surface area contributed by atoms with E-state index in [0.717, 1.165) is 34.7 Å². The number of nitrogens with zero attached hydrogens (tertiary/aromatic N) is 2. The quantitative estimate of drug-likeness (QED) is 0.187. The van der Waals surface area contributed by atoms with Crippen LogP contribution in [0.5, 0.6) is 0 Å². The fourth-order valence-corrected chi connectivity index (χ4v) is 6.82. The van der Waals surface area contributed by atoms with Gasteiger partial charge < -0.3 is 0 Å². The largest absolute Gasteiger partial charge is 0.292 e. The molecule has 2 heterocycles. The van der Waals surface area contributed by atoms with Gasteiger partial charge in [0.1, 0.15) is 8.64 Å². The molecule has 44 heavy (non-hydrogen) atoms. The van der Waals surface area contributed by atoms with E-state index < -0.39 is 35.4 Å². The molecule has 2 aromatic rings. The van der Waals surface area contributed by atoms with Crippen LogP contribution in [-0.4, -0.2) is 67.0 Å². The first-order valence-electron chi connectivity index (χ1n) is 13.1. The maximum absolute atomic E-state index is 13.1. The summed E-state index contributed by atoms with van der Waals surface area (Å²) in [5.74, 6) is -3.13. The average molecular weight is 671 g/mol. The van der Waals surface area contributed by atoms with E-state index in [-0.39, 0.29) is 44.4 Å². The Labute approximate surface area is 271 Å². The molecule has 2 aliphatic heterocycles. The second-order valence-electron chi connectivity index (χ2n) is 9.44. The number of amides is 6. The van der Waals surface area contributed by atoms with Crippen LogP contribution >= 0.6 is 48.0 Å². The molecule has 2 fully saturated rings. The highest BCUT2D eigenvalue weighted by atomic mass is 32.2. The minimum Gasteiger partial charge on any atom is -0.292 e. The first kappa shape index (κ1) is 32.8. The lowest BCUT2D eigenvalue weighted by Gasteiger charge is -2.15. The SMILES string of the molecule is Cc1ccccc1C(=O)NNC(=O)CCN1C(=O)C(=C2SC(=S)N(CCC(=O)NNC(=O)c3ccccc3C)C2=O)SC1=S. The van der Waals surface area contributed by atoms with Gasteiger partial charge in [-0.25, -0.2) is 0 Å². The van der Waals surface area contributed by atoms with Crippen molar-refractivity contribution in [3.05, 3.63) is 80.6 Å². The molecule has 0 radical (unpaired) electrons. The van der Waals surface area contributed by atoms with Crippen molar-refractivity contribution in [3.8, 4) is 0 Å². The number of benzene rings is 2. The van der Waals surface area contributed by atoms with E-state index in [9.17, 15) is 28.8 Å². The van der Waals surface area contributed by atoms with Gasteiger partial charge in [0.2, 0.25) is 11.8 Å². The Morgan fingerprint density at radius 3 is 1.36 bits per heavy atom. The van der Waals surface area contributed by atoms with Gasteiger partial charge in [0.25, 0.3) is 23.6 Å². The molecule has 0 atom stereocenters. The minimum atomic E-state index is -0.547. The van der Waals surface area contributed by atoms with Gasteiger partial charge in [-0.15, -0.1) is 0 Å². The first-order valence-corrected chi connectivity index (χ1v) is 15.5. The van der Waals surface area contributed by atoms with E-state index in [0.29, 0.717) is 11.1 Å². The number of nitrogens with one attached hydrogen (secondary N) is 4. The third kappa shape index (κ3) is 7.68. The van der Waals surface area contributed by atoms with Crippen LogP contribution in [0.1, 0.15) is 44.7 Å². The Bertz CT molecular complexity index is 1510. The van der Waals surface area contributed by atoms with E-state index in [1.165, 1.54) is 9.80 Å². The molecule has 0 bridgehead atoms. The van der Waals surface area contributed by atoms with Gasteiger partial charge in [-0.1, -0.05) is 84.4 Å². The fraction of sp³-hybridized carbons (Fsp3) is 0.214. The zero-order valence-corrected chi connectivity index (χ0v) is 26.7. The Hall–Kier alpha value is -4.12. The molecule has 16 heteroatoms. The van der Waals surface area contributed by atoms with E-state index in [2.05, 4.69) is 21.7 Å². The van der Waals surface area contributed by atoms with Gasteiger partial charge in [0, 0.05) is 37.1 Å². The molecule has 2 saturated heterocycles. The summed E-state index contributed by atoms with van der Waals surface area (Å²) in [5.41, 5.74) is 11.6. The molecule has 6 amide bonds. The zero-order chi connectivity index (χ0) is 32.0. The maximum Gasteiger partial charge on any atom is 0.269 e. The molecule has 12 nitrogen and oxygen atoms in total. The van der Waals surface area contributed by atoms with Crippen molar-refractivity contribution in [2.24, 2.45) is 0 Å². The van der Waals surface area contributed by atoms with E-state index in [1.54, 1.807) is 62.4 Å². The van der Waals surface area contributed by atoms with E-state index in [1.807, 2.05) is 0 Å². The molecule has 2 aromatic carbocycles. The minimum absolute atomic E-state index is 0.0745. The van der Waals surface area contributed by atoms with Crippen molar-refractivity contribution in [2.75, 3.05) is 13.1 Å². The molecule has 0 saturated carbocycles. The molecule has 4 N–H and O–H groups in total. The number of thioether (sulfide) groups is 2. The maximum atomic E-state index is 13.1. The average Bonchev–Trinajstić information content (AvgIpc) is 3.44. The highest BCUT2D eigenvalue weighted by Gasteiger charge is 2.42. The highest BCUT2D eigenvalue weighted by Crippen LogP contribution is 2.42. The van der Waals surface area contributed by atoms with Crippen molar-refractivity contribution in [2.45, 2.75) is 26.7 Å². The van der Waals surface area contributed by atoms with Gasteiger partial charge in [0.05, 0.1) is 9.81 Å². The number of hydrogen-bond donors (Lipinski definition) is 4. The Morgan fingerprint density at radius 1 is 0.636 bits per heavy atom. The number of thiocarbonyl (C=S) groups is 2. The molecule has 0 spiro atoms. The number of carbonyl (C=O) groups is 6. The summed E-state index contributed by atoms with van der Waals surface area (Å²) >= 11 is 12.5. The third-order valence-electron chi connectivity index (χ3n) is 6.44. The Balaban J connectivity index is 1.27. The molecule has 0 unspecified atom stereocenters. The van der Waals surface area contributed by atoms with Gasteiger partial charge in [-0.2, -0.15) is 0 Å². The van der Waals surface area contributed by atoms with Gasteiger partial charge >= 0.3 is 0 Å². The summed E-state index contributed by atoms with van der Waals surface area (Å²) in [6, 6.07) is 13.8. The molecule has 4 rings (SSSR count). The van der Waals surface area contributed by atoms with E-state index >= 15 is 0 Å². The standard InChI is InChI=1S/C28H26N6O6S4/c1-15-7-3-5-9-17(15)23(37)31-29-19(35)11-13-33-25(39)21(43-27(33)41)22-26(40)34(28(42)44-22)14-12-20(36)30-32-24(38)18-10-6-4-8-16(18)2/h3-10H,11-14H2,1-2H3,(H,29,35)(H,30,36)(H,31,37)(H,32,38). The number of hydrogen-bond acceptors (Lipinski definition) is 10. The highest BCUT2D eigenvalue weighted by molar-refractivity contribution is 8.29. The zero-order valence-electron chi connectivity index (χ0n) is 23.4. The van der Waals surface area contributed by atoms with Crippen LogP contribution in [0.15, 0.2) is 58.3 Å². The molecule has 0 aliphatic carbocycles. The monoisotopic (exact) mass is 670 g/mol. The van der Waals surface area contributed by atoms with Gasteiger partial charge in [0.15, 0.2) is 0 Å². The Morgan fingerprint density at radius 2 is 1.00 bits per heavy atom. The van der Waals surface area contributed by atoms with Crippen LogP contribution in [-0.2, 0) is 19.2 Å². The van der Waals surface area contributed by atoms with Gasteiger partial charge in [-0.3, -0.25) is 60.3 Å². The predicted octanol–water partition coefficient (Wildman–Crippen LogP) is 2.24. The van der Waals surface area contributed by atoms with Crippen LogP contribution < -0.4 is 21.7 Å². The van der Waals surface area contributed by atoms with Crippen molar-refractivity contribution >= 4 is 92.0 Å². The van der Waals surface area contributed by atoms with E-state index in [4.69, 9.17) is 24.4 Å². The third-order valence-corrected chi connectivity index (χ3v) is 9.47. The summed E-state index contributed by atoms with van der Waals surface area (Å²) in [4.78, 5) is 78.2. The van der Waals surface area contributed by atoms with Crippen LogP contribution in [0.4, 0.5) is 0 Å². The lowest BCUT2D eigenvalue weighted by atomic mass is 10.1. The summed E-state index contributed by atoms with van der Waals surface area (Å²) in [6.07, 6.45) is -0.325. The molecular formula is C28H26N6O6S4. The number of carbonyl (C=O) groups excluding carboxylic acids is 6. The van der Waals surface area contributed by atoms with Crippen molar-refractivity contribution in [3.63, 3.8) is 0 Å². The number of rotatable bonds is 8. The molecule has 2 aliphatic rings. The molecular weight excluding hydrogens is 645 g/mol. The summed E-state index contributed by atoms with van der Waals surface area (Å²) < 4.78 is 0.326. The van der Waals surface area contributed by atoms with Crippen LogP contribution in [0.3, 0.4) is 0 Å². The van der Waals surface area contributed by atoms with Crippen LogP contribution in [0.25, 0.3) is 0 Å². The lowest BCUT2D eigenvalue weighted by Crippen LogP contribution is -2.43. The van der Waals surface area contributed by atoms with Gasteiger partial charge in [-0.05, 0) is 37.1 Å². The normalized spacial score (nSPS) is 16.3. The predicted molar refractivity (Wildman–Crippen MR) is 174 cm³/mol. The fourth-order valence-electron chi connectivity index (χ4n) is 4.05. The van der Waals surface area contributed by atoms with Crippen LogP contribution in [0, 0.1) is 13.8 Å². The summed E-state index contributed by atoms with van der Waals surface area (Å²) in [7, 11) is 0. The number of hydrazine groups is 2. The smallest absolute Gasteiger partial charge is 0.269 e. The second kappa shape index (κ2) is 14.6.